The molecule has 0 radical (unpaired) electrons. The van der Waals surface area contributed by atoms with Crippen molar-refractivity contribution < 1.29 is 4.79 Å². The van der Waals surface area contributed by atoms with Crippen molar-refractivity contribution in [3.05, 3.63) is 0 Å². The van der Waals surface area contributed by atoms with Gasteiger partial charge in [0.1, 0.15) is 0 Å². The van der Waals surface area contributed by atoms with E-state index in [2.05, 4.69) is 29.0 Å². The highest BCUT2D eigenvalue weighted by Crippen LogP contribution is 2.24. The molecule has 0 aromatic rings. The predicted molar refractivity (Wildman–Crippen MR) is 107 cm³/mol. The van der Waals surface area contributed by atoms with E-state index < -0.39 is 0 Å². The van der Waals surface area contributed by atoms with E-state index in [-0.39, 0.29) is 6.03 Å². The van der Waals surface area contributed by atoms with Gasteiger partial charge in [-0.15, -0.1) is 0 Å². The summed E-state index contributed by atoms with van der Waals surface area (Å²) in [6.45, 7) is 13.2. The SMILES string of the molecule is CC1CC(C)CN(CCCCNC(=O)N2CCN(C3CCCC3)CC2)C1. The molecule has 2 aliphatic heterocycles. The molecule has 3 fully saturated rings. The highest BCUT2D eigenvalue weighted by molar-refractivity contribution is 5.74. The zero-order valence-corrected chi connectivity index (χ0v) is 17.1. The van der Waals surface area contributed by atoms with Crippen molar-refractivity contribution in [1.29, 1.82) is 0 Å². The Morgan fingerprint density at radius 1 is 0.962 bits per heavy atom. The minimum absolute atomic E-state index is 0.149. The van der Waals surface area contributed by atoms with E-state index in [4.69, 9.17) is 0 Å². The number of unbranched alkanes of at least 4 members (excludes halogenated alkanes) is 1. The lowest BCUT2D eigenvalue weighted by Crippen LogP contribution is -2.53. The van der Waals surface area contributed by atoms with Gasteiger partial charge < -0.3 is 15.1 Å². The van der Waals surface area contributed by atoms with Crippen LogP contribution >= 0.6 is 0 Å². The van der Waals surface area contributed by atoms with E-state index >= 15 is 0 Å². The molecule has 5 nitrogen and oxygen atoms in total. The number of hydrogen-bond donors (Lipinski definition) is 1. The molecule has 2 atom stereocenters. The fraction of sp³-hybridized carbons (Fsp3) is 0.952. The van der Waals surface area contributed by atoms with Gasteiger partial charge in [-0.2, -0.15) is 0 Å². The van der Waals surface area contributed by atoms with Crippen molar-refractivity contribution >= 4 is 6.03 Å². The lowest BCUT2D eigenvalue weighted by molar-refractivity contribution is 0.109. The van der Waals surface area contributed by atoms with Crippen LogP contribution < -0.4 is 5.32 Å². The largest absolute Gasteiger partial charge is 0.338 e. The van der Waals surface area contributed by atoms with E-state index in [1.165, 1.54) is 58.2 Å². The summed E-state index contributed by atoms with van der Waals surface area (Å²) in [7, 11) is 0. The van der Waals surface area contributed by atoms with Crippen molar-refractivity contribution in [2.75, 3.05) is 52.4 Å². The molecule has 0 bridgehead atoms. The van der Waals surface area contributed by atoms with Crippen LogP contribution in [0.4, 0.5) is 4.79 Å². The molecule has 26 heavy (non-hydrogen) atoms. The molecule has 2 heterocycles. The van der Waals surface area contributed by atoms with Gasteiger partial charge in [-0.1, -0.05) is 26.7 Å². The van der Waals surface area contributed by atoms with Crippen LogP contribution in [0.5, 0.6) is 0 Å². The number of piperazine rings is 1. The van der Waals surface area contributed by atoms with E-state index in [1.54, 1.807) is 0 Å². The molecular weight excluding hydrogens is 324 g/mol. The maximum atomic E-state index is 12.4. The van der Waals surface area contributed by atoms with Crippen LogP contribution in [0.25, 0.3) is 0 Å². The number of nitrogens with one attached hydrogen (secondary N) is 1. The topological polar surface area (TPSA) is 38.8 Å². The molecule has 3 rings (SSSR count). The molecule has 5 heteroatoms. The predicted octanol–water partition coefficient (Wildman–Crippen LogP) is 3.01. The quantitative estimate of drug-likeness (QED) is 0.737. The smallest absolute Gasteiger partial charge is 0.317 e. The Labute approximate surface area is 160 Å². The fourth-order valence-electron chi connectivity index (χ4n) is 5.30. The van der Waals surface area contributed by atoms with Crippen LogP contribution in [0.2, 0.25) is 0 Å². The fourth-order valence-corrected chi connectivity index (χ4v) is 5.30. The minimum atomic E-state index is 0.149. The average Bonchev–Trinajstić information content (AvgIpc) is 3.15. The van der Waals surface area contributed by atoms with Crippen LogP contribution in [0.3, 0.4) is 0 Å². The molecular formula is C21H40N4O. The van der Waals surface area contributed by atoms with Crippen LogP contribution in [-0.2, 0) is 0 Å². The monoisotopic (exact) mass is 364 g/mol. The van der Waals surface area contributed by atoms with Gasteiger partial charge in [0.25, 0.3) is 0 Å². The highest BCUT2D eigenvalue weighted by atomic mass is 16.2. The number of carbonyl (C=O) groups excluding carboxylic acids is 1. The summed E-state index contributed by atoms with van der Waals surface area (Å²) in [5.41, 5.74) is 0. The standard InChI is InChI=1S/C21H40N4O/c1-18-15-19(2)17-23(16-18)10-6-5-9-22-21(26)25-13-11-24(12-14-25)20-7-3-4-8-20/h18-20H,3-17H2,1-2H3,(H,22,26). The zero-order valence-electron chi connectivity index (χ0n) is 17.1. The molecule has 1 N–H and O–H groups in total. The van der Waals surface area contributed by atoms with Gasteiger partial charge in [0.05, 0.1) is 0 Å². The average molecular weight is 365 g/mol. The molecule has 0 aromatic heterocycles. The summed E-state index contributed by atoms with van der Waals surface area (Å²) in [6, 6.07) is 0.941. The molecule has 2 saturated heterocycles. The Bertz CT molecular complexity index is 420. The maximum Gasteiger partial charge on any atom is 0.317 e. The summed E-state index contributed by atoms with van der Waals surface area (Å²) >= 11 is 0. The summed E-state index contributed by atoms with van der Waals surface area (Å²) in [6.07, 6.45) is 9.16. The molecule has 3 aliphatic rings. The van der Waals surface area contributed by atoms with Crippen molar-refractivity contribution in [3.8, 4) is 0 Å². The van der Waals surface area contributed by atoms with Crippen molar-refractivity contribution in [1.82, 2.24) is 20.0 Å². The van der Waals surface area contributed by atoms with Crippen molar-refractivity contribution in [2.45, 2.75) is 64.8 Å². The summed E-state index contributed by atoms with van der Waals surface area (Å²) in [4.78, 5) is 19.6. The minimum Gasteiger partial charge on any atom is -0.338 e. The van der Waals surface area contributed by atoms with Gasteiger partial charge in [0.2, 0.25) is 0 Å². The van der Waals surface area contributed by atoms with E-state index in [9.17, 15) is 4.79 Å². The number of urea groups is 1. The summed E-state index contributed by atoms with van der Waals surface area (Å²) < 4.78 is 0. The molecule has 2 amide bonds. The maximum absolute atomic E-state index is 12.4. The van der Waals surface area contributed by atoms with E-state index in [0.29, 0.717) is 0 Å². The third-order valence-electron chi connectivity index (χ3n) is 6.56. The Balaban J connectivity index is 1.24. The van der Waals surface area contributed by atoms with E-state index in [0.717, 1.165) is 57.0 Å². The number of nitrogens with zero attached hydrogens (tertiary/aromatic N) is 3. The number of rotatable bonds is 6. The van der Waals surface area contributed by atoms with Crippen molar-refractivity contribution in [2.24, 2.45) is 11.8 Å². The van der Waals surface area contributed by atoms with Gasteiger partial charge >= 0.3 is 6.03 Å². The Hall–Kier alpha value is -0.810. The number of hydrogen-bond acceptors (Lipinski definition) is 3. The van der Waals surface area contributed by atoms with Gasteiger partial charge in [0, 0.05) is 51.9 Å². The number of amides is 2. The lowest BCUT2D eigenvalue weighted by Gasteiger charge is -2.38. The Morgan fingerprint density at radius 3 is 2.27 bits per heavy atom. The van der Waals surface area contributed by atoms with Crippen LogP contribution in [0, 0.1) is 11.8 Å². The Kier molecular flexibility index (Phi) is 7.62. The van der Waals surface area contributed by atoms with Gasteiger partial charge in [0.15, 0.2) is 0 Å². The first-order valence-electron chi connectivity index (χ1n) is 11.1. The second kappa shape index (κ2) is 9.93. The third-order valence-corrected chi connectivity index (χ3v) is 6.56. The first-order valence-corrected chi connectivity index (χ1v) is 11.1. The molecule has 2 unspecified atom stereocenters. The second-order valence-corrected chi connectivity index (χ2v) is 9.11. The van der Waals surface area contributed by atoms with Crippen LogP contribution in [0.1, 0.15) is 58.8 Å². The highest BCUT2D eigenvalue weighted by Gasteiger charge is 2.27. The number of piperidine rings is 1. The number of carbonyl (C=O) groups is 1. The summed E-state index contributed by atoms with van der Waals surface area (Å²) in [5, 5.41) is 3.14. The van der Waals surface area contributed by atoms with Crippen LogP contribution in [-0.4, -0.2) is 79.1 Å². The van der Waals surface area contributed by atoms with Gasteiger partial charge in [-0.25, -0.2) is 4.79 Å². The van der Waals surface area contributed by atoms with Gasteiger partial charge in [-0.05, 0) is 50.5 Å². The third kappa shape index (κ3) is 5.85. The molecule has 0 spiro atoms. The van der Waals surface area contributed by atoms with Gasteiger partial charge in [-0.3, -0.25) is 4.90 Å². The molecule has 0 aromatic carbocycles. The number of likely N-dealkylation sites (tertiary alicyclic amines) is 1. The molecule has 1 aliphatic carbocycles. The first kappa shape index (κ1) is 19.9. The Morgan fingerprint density at radius 2 is 1.62 bits per heavy atom. The van der Waals surface area contributed by atoms with Crippen molar-refractivity contribution in [3.63, 3.8) is 0 Å². The normalized spacial score (nSPS) is 29.2. The second-order valence-electron chi connectivity index (χ2n) is 9.11. The summed E-state index contributed by atoms with van der Waals surface area (Å²) in [5.74, 6) is 1.67. The lowest BCUT2D eigenvalue weighted by atomic mass is 9.92. The van der Waals surface area contributed by atoms with Crippen LogP contribution in [0.15, 0.2) is 0 Å². The van der Waals surface area contributed by atoms with E-state index in [1.807, 2.05) is 4.90 Å². The first-order chi connectivity index (χ1) is 12.6. The molecule has 150 valence electrons. The zero-order chi connectivity index (χ0) is 18.4. The molecule has 1 saturated carbocycles.